The molecule has 0 amide bonds. The predicted octanol–water partition coefficient (Wildman–Crippen LogP) is 7.31. The zero-order valence-corrected chi connectivity index (χ0v) is 16.0. The van der Waals surface area contributed by atoms with E-state index in [1.165, 1.54) is 6.07 Å². The first-order valence-electron chi connectivity index (χ1n) is 8.79. The first-order valence-corrected chi connectivity index (χ1v) is 9.20. The molecule has 3 aromatic rings. The summed E-state index contributed by atoms with van der Waals surface area (Å²) in [6.45, 7) is 2.06. The number of thiocarbonyl (C=S) groups is 1. The third-order valence-corrected chi connectivity index (χ3v) is 4.25. The van der Waals surface area contributed by atoms with Gasteiger partial charge in [-0.25, -0.2) is 14.2 Å². The highest BCUT2D eigenvalue weighted by atomic mass is 32.1. The minimum atomic E-state index is -0.517. The summed E-state index contributed by atoms with van der Waals surface area (Å²) in [7, 11) is 0. The van der Waals surface area contributed by atoms with Crippen molar-refractivity contribution in [3.05, 3.63) is 83.9 Å². The molecule has 0 aliphatic heterocycles. The molecular formula is C23H21F2NS. The third-order valence-electron chi connectivity index (χ3n) is 4.25. The molecule has 1 N–H and O–H groups in total. The van der Waals surface area contributed by atoms with Crippen LogP contribution in [0.4, 0.5) is 8.78 Å². The van der Waals surface area contributed by atoms with Crippen LogP contribution in [0.5, 0.6) is 0 Å². The van der Waals surface area contributed by atoms with Crippen molar-refractivity contribution in [1.29, 1.82) is 5.41 Å². The van der Waals surface area contributed by atoms with Gasteiger partial charge in [0.25, 0.3) is 0 Å². The summed E-state index contributed by atoms with van der Waals surface area (Å²) in [5.41, 5.74) is 3.03. The first-order chi connectivity index (χ1) is 13.1. The number of isothiocyanates is 1. The number of nitrogens with one attached hydrogen (secondary N) is 1. The lowest BCUT2D eigenvalue weighted by Crippen LogP contribution is -1.98. The number of hydrogen-bond donors (Lipinski definition) is 1. The van der Waals surface area contributed by atoms with Crippen molar-refractivity contribution in [3.63, 3.8) is 0 Å². The molecule has 4 heteroatoms. The van der Waals surface area contributed by atoms with Crippen LogP contribution in [0, 0.1) is 17.0 Å². The van der Waals surface area contributed by atoms with Gasteiger partial charge in [-0.05, 0) is 53.4 Å². The first kappa shape index (κ1) is 20.6. The Morgan fingerprint density at radius 2 is 1.48 bits per heavy atom. The lowest BCUT2D eigenvalue weighted by Gasteiger charge is -2.14. The minimum absolute atomic E-state index is 0.0723. The third kappa shape index (κ3) is 5.16. The molecule has 27 heavy (non-hydrogen) atoms. The molecule has 0 fully saturated rings. The van der Waals surface area contributed by atoms with E-state index < -0.39 is 11.6 Å². The molecule has 0 aromatic heterocycles. The average molecular weight is 381 g/mol. The molecule has 0 unspecified atom stereocenters. The molecule has 3 rings (SSSR count). The van der Waals surface area contributed by atoms with E-state index in [1.54, 1.807) is 17.3 Å². The van der Waals surface area contributed by atoms with Crippen molar-refractivity contribution in [2.75, 3.05) is 0 Å². The number of aryl methyl sites for hydroxylation is 1. The molecule has 1 nitrogen and oxygen atoms in total. The van der Waals surface area contributed by atoms with Gasteiger partial charge in [-0.15, -0.1) is 0 Å². The lowest BCUT2D eigenvalue weighted by atomic mass is 9.92. The normalized spacial score (nSPS) is 9.89. The van der Waals surface area contributed by atoms with Gasteiger partial charge in [-0.1, -0.05) is 74.0 Å². The number of benzene rings is 3. The van der Waals surface area contributed by atoms with E-state index in [9.17, 15) is 8.78 Å². The molecule has 0 bridgehead atoms. The number of halogens is 2. The van der Waals surface area contributed by atoms with E-state index in [0.717, 1.165) is 24.0 Å². The largest absolute Gasteiger partial charge is 0.248 e. The lowest BCUT2D eigenvalue weighted by molar-refractivity contribution is 0.574. The van der Waals surface area contributed by atoms with E-state index in [2.05, 4.69) is 19.1 Å². The van der Waals surface area contributed by atoms with Gasteiger partial charge in [-0.2, -0.15) is 0 Å². The summed E-state index contributed by atoms with van der Waals surface area (Å²) in [5, 5.41) is 7.36. The zero-order chi connectivity index (χ0) is 19.6. The summed E-state index contributed by atoms with van der Waals surface area (Å²) in [6, 6.07) is 20.0. The SMILES string of the molecule is CCCCc1ccc(F)c(-c2ccccc2-c2ccccc2)c1F.N=C=S. The standard InChI is InChI=1S/C22H20F2.CHNS/c1-2-3-9-17-14-15-20(23)21(22(17)24)19-13-8-7-12-18(19)16-10-5-4-6-11-16;2-1-3/h4-8,10-15H,2-3,9H2,1H3;2H. The maximum absolute atomic E-state index is 15.0. The Labute approximate surface area is 164 Å². The molecule has 0 saturated carbocycles. The fourth-order valence-electron chi connectivity index (χ4n) is 2.97. The van der Waals surface area contributed by atoms with Crippen LogP contribution in [-0.4, -0.2) is 5.16 Å². The van der Waals surface area contributed by atoms with Gasteiger partial charge >= 0.3 is 0 Å². The Hall–Kier alpha value is -2.68. The molecule has 3 aromatic carbocycles. The van der Waals surface area contributed by atoms with Crippen molar-refractivity contribution in [2.45, 2.75) is 26.2 Å². The van der Waals surface area contributed by atoms with E-state index in [4.69, 9.17) is 5.41 Å². The van der Waals surface area contributed by atoms with Crippen molar-refractivity contribution in [2.24, 2.45) is 0 Å². The van der Waals surface area contributed by atoms with Crippen LogP contribution in [0.1, 0.15) is 25.3 Å². The van der Waals surface area contributed by atoms with Gasteiger partial charge in [0.15, 0.2) is 0 Å². The Kier molecular flexibility index (Phi) is 8.00. The van der Waals surface area contributed by atoms with Crippen LogP contribution in [-0.2, 0) is 6.42 Å². The zero-order valence-electron chi connectivity index (χ0n) is 15.1. The van der Waals surface area contributed by atoms with E-state index in [1.807, 2.05) is 48.5 Å². The second-order valence-electron chi connectivity index (χ2n) is 6.01. The molecule has 0 aliphatic rings. The van der Waals surface area contributed by atoms with E-state index in [-0.39, 0.29) is 5.56 Å². The van der Waals surface area contributed by atoms with Crippen molar-refractivity contribution in [1.82, 2.24) is 0 Å². The number of unbranched alkanes of at least 4 members (excludes halogenated alkanes) is 1. The minimum Gasteiger partial charge on any atom is -0.248 e. The van der Waals surface area contributed by atoms with Crippen LogP contribution in [0.15, 0.2) is 66.7 Å². The second-order valence-corrected chi connectivity index (χ2v) is 6.22. The van der Waals surface area contributed by atoms with Crippen LogP contribution in [0.3, 0.4) is 0 Å². The summed E-state index contributed by atoms with van der Waals surface area (Å²) in [5.74, 6) is -0.956. The van der Waals surface area contributed by atoms with Crippen molar-refractivity contribution >= 4 is 17.4 Å². The van der Waals surface area contributed by atoms with E-state index >= 15 is 0 Å². The monoisotopic (exact) mass is 381 g/mol. The number of hydrogen-bond acceptors (Lipinski definition) is 2. The molecule has 0 spiro atoms. The fourth-order valence-corrected chi connectivity index (χ4v) is 2.97. The molecule has 0 atom stereocenters. The Morgan fingerprint density at radius 3 is 2.11 bits per heavy atom. The maximum atomic E-state index is 15.0. The molecule has 0 heterocycles. The average Bonchev–Trinajstić information content (AvgIpc) is 2.69. The van der Waals surface area contributed by atoms with E-state index in [0.29, 0.717) is 17.5 Å². The summed E-state index contributed by atoms with van der Waals surface area (Å²) < 4.78 is 29.5. The summed E-state index contributed by atoms with van der Waals surface area (Å²) >= 11 is 3.81. The molecule has 138 valence electrons. The van der Waals surface area contributed by atoms with Gasteiger partial charge in [-0.3, -0.25) is 0 Å². The van der Waals surface area contributed by atoms with Crippen LogP contribution in [0.25, 0.3) is 22.3 Å². The van der Waals surface area contributed by atoms with Crippen molar-refractivity contribution < 1.29 is 8.78 Å². The van der Waals surface area contributed by atoms with Crippen LogP contribution >= 0.6 is 12.2 Å². The van der Waals surface area contributed by atoms with Crippen LogP contribution < -0.4 is 0 Å². The summed E-state index contributed by atoms with van der Waals surface area (Å²) in [4.78, 5) is 0. The fraction of sp³-hybridized carbons (Fsp3) is 0.174. The maximum Gasteiger partial charge on any atom is 0.137 e. The van der Waals surface area contributed by atoms with Gasteiger partial charge in [0, 0.05) is 0 Å². The Balaban J connectivity index is 0.000000817. The van der Waals surface area contributed by atoms with Gasteiger partial charge in [0.05, 0.1) is 10.7 Å². The predicted molar refractivity (Wildman–Crippen MR) is 111 cm³/mol. The molecule has 0 radical (unpaired) electrons. The van der Waals surface area contributed by atoms with Crippen LogP contribution in [0.2, 0.25) is 0 Å². The molecule has 0 saturated heterocycles. The quantitative estimate of drug-likeness (QED) is 0.363. The van der Waals surface area contributed by atoms with Gasteiger partial charge in [0.1, 0.15) is 11.6 Å². The molecule has 0 aliphatic carbocycles. The Morgan fingerprint density at radius 1 is 0.889 bits per heavy atom. The summed E-state index contributed by atoms with van der Waals surface area (Å²) in [6.07, 6.45) is 2.50. The molecular weight excluding hydrogens is 360 g/mol. The Bertz CT molecular complexity index is 917. The van der Waals surface area contributed by atoms with Crippen molar-refractivity contribution in [3.8, 4) is 22.3 Å². The highest BCUT2D eigenvalue weighted by molar-refractivity contribution is 7.78. The van der Waals surface area contributed by atoms with Gasteiger partial charge in [0.2, 0.25) is 0 Å². The smallest absolute Gasteiger partial charge is 0.137 e. The van der Waals surface area contributed by atoms with Gasteiger partial charge < -0.3 is 0 Å². The highest BCUT2D eigenvalue weighted by Gasteiger charge is 2.18. The second kappa shape index (κ2) is 10.5. The highest BCUT2D eigenvalue weighted by Crippen LogP contribution is 2.36. The number of rotatable bonds is 5. The topological polar surface area (TPSA) is 23.9 Å².